The van der Waals surface area contributed by atoms with Gasteiger partial charge in [0.2, 0.25) is 0 Å². The Morgan fingerprint density at radius 2 is 2.17 bits per heavy atom. The normalized spacial score (nSPS) is 19.8. The number of aliphatic imine (C=N–C) groups is 1. The molecule has 5 nitrogen and oxygen atoms in total. The summed E-state index contributed by atoms with van der Waals surface area (Å²) in [6.07, 6.45) is 8.60. The highest BCUT2D eigenvalue weighted by Crippen LogP contribution is 2.12. The minimum atomic E-state index is 0.469. The van der Waals surface area contributed by atoms with E-state index in [2.05, 4.69) is 29.5 Å². The van der Waals surface area contributed by atoms with E-state index < -0.39 is 0 Å². The van der Waals surface area contributed by atoms with Crippen molar-refractivity contribution in [2.75, 3.05) is 40.0 Å². The first-order chi connectivity index (χ1) is 11.3. The van der Waals surface area contributed by atoms with E-state index in [0.717, 1.165) is 51.8 Å². The van der Waals surface area contributed by atoms with Crippen LogP contribution in [-0.2, 0) is 9.47 Å². The van der Waals surface area contributed by atoms with E-state index in [-0.39, 0.29) is 0 Å². The summed E-state index contributed by atoms with van der Waals surface area (Å²) in [5.41, 5.74) is 0. The Balaban J connectivity index is 1.97. The average molecular weight is 328 g/mol. The molecule has 0 bridgehead atoms. The average Bonchev–Trinajstić information content (AvgIpc) is 3.07. The lowest BCUT2D eigenvalue weighted by molar-refractivity contribution is 0.0888. The number of hydrogen-bond acceptors (Lipinski definition) is 3. The van der Waals surface area contributed by atoms with Gasteiger partial charge in [0.25, 0.3) is 0 Å². The van der Waals surface area contributed by atoms with Crippen LogP contribution < -0.4 is 10.6 Å². The second kappa shape index (κ2) is 13.6. The molecule has 0 aromatic heterocycles. The van der Waals surface area contributed by atoms with Crippen LogP contribution in [0.2, 0.25) is 0 Å². The van der Waals surface area contributed by atoms with Crippen molar-refractivity contribution in [3.63, 3.8) is 0 Å². The number of hydrogen-bond donors (Lipinski definition) is 2. The summed E-state index contributed by atoms with van der Waals surface area (Å²) < 4.78 is 11.1. The van der Waals surface area contributed by atoms with Crippen molar-refractivity contribution in [2.24, 2.45) is 10.9 Å². The molecule has 1 saturated heterocycles. The molecule has 5 heteroatoms. The maximum Gasteiger partial charge on any atom is 0.191 e. The van der Waals surface area contributed by atoms with Gasteiger partial charge in [0.1, 0.15) is 0 Å². The van der Waals surface area contributed by atoms with E-state index in [4.69, 9.17) is 9.47 Å². The molecule has 1 aliphatic heterocycles. The van der Waals surface area contributed by atoms with E-state index >= 15 is 0 Å². The van der Waals surface area contributed by atoms with Gasteiger partial charge < -0.3 is 20.1 Å². The van der Waals surface area contributed by atoms with Gasteiger partial charge in [-0.15, -0.1) is 0 Å². The van der Waals surface area contributed by atoms with Gasteiger partial charge in [-0.05, 0) is 26.2 Å². The lowest BCUT2D eigenvalue weighted by Crippen LogP contribution is -2.42. The molecule has 0 aromatic rings. The summed E-state index contributed by atoms with van der Waals surface area (Å²) in [7, 11) is 1.83. The van der Waals surface area contributed by atoms with E-state index in [0.29, 0.717) is 12.0 Å². The molecular weight excluding hydrogens is 290 g/mol. The van der Waals surface area contributed by atoms with Gasteiger partial charge in [-0.2, -0.15) is 0 Å². The number of rotatable bonds is 12. The molecule has 0 radical (unpaired) electrons. The lowest BCUT2D eigenvalue weighted by Gasteiger charge is -2.18. The van der Waals surface area contributed by atoms with Crippen LogP contribution in [0, 0.1) is 5.92 Å². The predicted octanol–water partition coefficient (Wildman–Crippen LogP) is 2.95. The van der Waals surface area contributed by atoms with Crippen LogP contribution in [-0.4, -0.2) is 52.0 Å². The van der Waals surface area contributed by atoms with Crippen molar-refractivity contribution in [3.8, 4) is 0 Å². The molecule has 2 atom stereocenters. The summed E-state index contributed by atoms with van der Waals surface area (Å²) in [5.74, 6) is 1.50. The van der Waals surface area contributed by atoms with Crippen LogP contribution in [0.1, 0.15) is 58.8 Å². The predicted molar refractivity (Wildman–Crippen MR) is 97.1 cm³/mol. The number of guanidine groups is 1. The van der Waals surface area contributed by atoms with Crippen LogP contribution in [0.4, 0.5) is 0 Å². The lowest BCUT2D eigenvalue weighted by atomic mass is 10.1. The fourth-order valence-corrected chi connectivity index (χ4v) is 2.72. The third kappa shape index (κ3) is 10.6. The monoisotopic (exact) mass is 327 g/mol. The number of nitrogens with one attached hydrogen (secondary N) is 2. The second-order valence-electron chi connectivity index (χ2n) is 6.55. The molecule has 1 aliphatic rings. The number of nitrogens with zero attached hydrogens (tertiary/aromatic N) is 1. The summed E-state index contributed by atoms with van der Waals surface area (Å²) in [4.78, 5) is 4.29. The molecule has 0 amide bonds. The first-order valence-electron chi connectivity index (χ1n) is 9.39. The van der Waals surface area contributed by atoms with Crippen molar-refractivity contribution in [2.45, 2.75) is 64.8 Å². The van der Waals surface area contributed by atoms with Gasteiger partial charge in [0.15, 0.2) is 5.96 Å². The minimum absolute atomic E-state index is 0.469. The molecule has 1 fully saturated rings. The van der Waals surface area contributed by atoms with Crippen molar-refractivity contribution >= 4 is 5.96 Å². The molecule has 0 aliphatic carbocycles. The molecule has 2 N–H and O–H groups in total. The third-order valence-electron chi connectivity index (χ3n) is 4.23. The molecule has 1 rings (SSSR count). The molecule has 2 unspecified atom stereocenters. The van der Waals surface area contributed by atoms with E-state index in [1.165, 1.54) is 32.1 Å². The van der Waals surface area contributed by atoms with Gasteiger partial charge in [-0.1, -0.05) is 32.6 Å². The Bertz CT molecular complexity index is 305. The SMILES string of the molecule is CCCCCCC(C)NC(=NC)NCCCOCC1CCOC1. The highest BCUT2D eigenvalue weighted by atomic mass is 16.5. The number of unbranched alkanes of at least 4 members (excludes halogenated alkanes) is 3. The van der Waals surface area contributed by atoms with E-state index in [1.54, 1.807) is 0 Å². The molecule has 136 valence electrons. The molecule has 0 spiro atoms. The zero-order valence-electron chi connectivity index (χ0n) is 15.4. The fourth-order valence-electron chi connectivity index (χ4n) is 2.72. The molecule has 1 heterocycles. The van der Waals surface area contributed by atoms with Gasteiger partial charge in [-0.25, -0.2) is 0 Å². The highest BCUT2D eigenvalue weighted by Gasteiger charge is 2.15. The van der Waals surface area contributed by atoms with E-state index in [1.807, 2.05) is 7.05 Å². The topological polar surface area (TPSA) is 54.9 Å². The van der Waals surface area contributed by atoms with Crippen LogP contribution in [0.25, 0.3) is 0 Å². The van der Waals surface area contributed by atoms with Crippen molar-refractivity contribution < 1.29 is 9.47 Å². The van der Waals surface area contributed by atoms with Gasteiger partial charge in [0.05, 0.1) is 13.2 Å². The Labute approximate surface area is 142 Å². The zero-order valence-corrected chi connectivity index (χ0v) is 15.4. The van der Waals surface area contributed by atoms with Crippen molar-refractivity contribution in [3.05, 3.63) is 0 Å². The molecular formula is C18H37N3O2. The maximum absolute atomic E-state index is 5.71. The quantitative estimate of drug-likeness (QED) is 0.329. The van der Waals surface area contributed by atoms with Gasteiger partial charge in [0, 0.05) is 38.8 Å². The molecule has 0 saturated carbocycles. The molecule has 0 aromatic carbocycles. The summed E-state index contributed by atoms with van der Waals surface area (Å²) >= 11 is 0. The summed E-state index contributed by atoms with van der Waals surface area (Å²) in [6.45, 7) is 8.77. The van der Waals surface area contributed by atoms with Gasteiger partial charge >= 0.3 is 0 Å². The molecule has 23 heavy (non-hydrogen) atoms. The third-order valence-corrected chi connectivity index (χ3v) is 4.23. The van der Waals surface area contributed by atoms with Gasteiger partial charge in [-0.3, -0.25) is 4.99 Å². The maximum atomic E-state index is 5.71. The zero-order chi connectivity index (χ0) is 16.8. The Morgan fingerprint density at radius 3 is 2.87 bits per heavy atom. The Kier molecular flexibility index (Phi) is 12.0. The highest BCUT2D eigenvalue weighted by molar-refractivity contribution is 5.79. The largest absolute Gasteiger partial charge is 0.381 e. The minimum Gasteiger partial charge on any atom is -0.381 e. The number of ether oxygens (including phenoxy) is 2. The van der Waals surface area contributed by atoms with Crippen LogP contribution in [0.5, 0.6) is 0 Å². The van der Waals surface area contributed by atoms with E-state index in [9.17, 15) is 0 Å². The smallest absolute Gasteiger partial charge is 0.191 e. The van der Waals surface area contributed by atoms with Crippen molar-refractivity contribution in [1.82, 2.24) is 10.6 Å². The standard InChI is InChI=1S/C18H37N3O2/c1-4-5-6-7-9-16(2)21-18(19-3)20-11-8-12-22-14-17-10-13-23-15-17/h16-17H,4-15H2,1-3H3,(H2,19,20,21). The summed E-state index contributed by atoms with van der Waals surface area (Å²) in [5, 5.41) is 6.83. The van der Waals surface area contributed by atoms with Crippen LogP contribution in [0.3, 0.4) is 0 Å². The van der Waals surface area contributed by atoms with Crippen molar-refractivity contribution in [1.29, 1.82) is 0 Å². The Hall–Kier alpha value is -0.810. The van der Waals surface area contributed by atoms with Crippen LogP contribution in [0.15, 0.2) is 4.99 Å². The first kappa shape index (κ1) is 20.2. The second-order valence-corrected chi connectivity index (χ2v) is 6.55. The first-order valence-corrected chi connectivity index (χ1v) is 9.39. The Morgan fingerprint density at radius 1 is 1.30 bits per heavy atom. The van der Waals surface area contributed by atoms with Crippen LogP contribution >= 0.6 is 0 Å². The summed E-state index contributed by atoms with van der Waals surface area (Å²) in [6, 6.07) is 0.469. The fraction of sp³-hybridized carbons (Fsp3) is 0.944.